The fraction of sp³-hybridized carbons (Fsp3) is 0.333. The minimum Gasteiger partial charge on any atom is -0.354 e. The number of rotatable bonds is 9. The molecule has 2 rings (SSSR count). The first-order valence-electron chi connectivity index (χ1n) is 8.78. The van der Waals surface area contributed by atoms with Crippen LogP contribution < -0.4 is 10.6 Å². The summed E-state index contributed by atoms with van der Waals surface area (Å²) in [7, 11) is 0. The first-order valence-corrected chi connectivity index (χ1v) is 8.78. The molecule has 4 nitrogen and oxygen atoms in total. The quantitative estimate of drug-likeness (QED) is 0.691. The van der Waals surface area contributed by atoms with Crippen LogP contribution in [0, 0.1) is 0 Å². The fourth-order valence-electron chi connectivity index (χ4n) is 2.74. The van der Waals surface area contributed by atoms with Gasteiger partial charge in [0.1, 0.15) is 6.04 Å². The second-order valence-corrected chi connectivity index (χ2v) is 6.18. The molecule has 0 fully saturated rings. The van der Waals surface area contributed by atoms with Gasteiger partial charge >= 0.3 is 0 Å². The van der Waals surface area contributed by atoms with Crippen LogP contribution in [-0.2, 0) is 22.4 Å². The summed E-state index contributed by atoms with van der Waals surface area (Å²) in [5.74, 6) is -0.320. The third kappa shape index (κ3) is 7.21. The van der Waals surface area contributed by atoms with Crippen LogP contribution in [0.2, 0.25) is 0 Å². The Kier molecular flexibility index (Phi) is 7.70. The molecule has 0 aliphatic heterocycles. The van der Waals surface area contributed by atoms with E-state index in [0.717, 1.165) is 24.8 Å². The normalized spacial score (nSPS) is 11.6. The smallest absolute Gasteiger partial charge is 0.242 e. The van der Waals surface area contributed by atoms with Crippen molar-refractivity contribution >= 4 is 11.8 Å². The van der Waals surface area contributed by atoms with Crippen molar-refractivity contribution < 1.29 is 9.59 Å². The Balaban J connectivity index is 1.75. The number of amides is 2. The van der Waals surface area contributed by atoms with Crippen LogP contribution in [0.1, 0.15) is 30.9 Å². The van der Waals surface area contributed by atoms with Gasteiger partial charge in [0.25, 0.3) is 0 Å². The maximum Gasteiger partial charge on any atom is 0.242 e. The minimum atomic E-state index is -0.533. The summed E-state index contributed by atoms with van der Waals surface area (Å²) in [4.78, 5) is 23.8. The second kappa shape index (κ2) is 10.3. The van der Waals surface area contributed by atoms with E-state index in [9.17, 15) is 9.59 Å². The van der Waals surface area contributed by atoms with Crippen LogP contribution in [0.4, 0.5) is 0 Å². The van der Waals surface area contributed by atoms with Crippen molar-refractivity contribution in [2.75, 3.05) is 6.54 Å². The average Bonchev–Trinajstić information content (AvgIpc) is 2.62. The number of carbonyl (C=O) groups excluding carboxylic acids is 2. The lowest BCUT2D eigenvalue weighted by molar-refractivity contribution is -0.128. The highest BCUT2D eigenvalue weighted by atomic mass is 16.2. The number of hydrogen-bond acceptors (Lipinski definition) is 2. The Hall–Kier alpha value is -2.62. The highest BCUT2D eigenvalue weighted by molar-refractivity contribution is 5.87. The van der Waals surface area contributed by atoms with E-state index in [1.807, 2.05) is 48.5 Å². The predicted molar refractivity (Wildman–Crippen MR) is 100 cm³/mol. The number of unbranched alkanes of at least 4 members (excludes halogenated alkanes) is 1. The lowest BCUT2D eigenvalue weighted by atomic mass is 10.0. The van der Waals surface area contributed by atoms with Gasteiger partial charge in [-0.05, 0) is 30.4 Å². The van der Waals surface area contributed by atoms with E-state index < -0.39 is 6.04 Å². The molecule has 1 atom stereocenters. The second-order valence-electron chi connectivity index (χ2n) is 6.18. The fourth-order valence-corrected chi connectivity index (χ4v) is 2.74. The molecule has 0 radical (unpaired) electrons. The molecule has 0 bridgehead atoms. The molecule has 132 valence electrons. The van der Waals surface area contributed by atoms with E-state index in [2.05, 4.69) is 22.8 Å². The van der Waals surface area contributed by atoms with Crippen molar-refractivity contribution in [2.45, 2.75) is 38.6 Å². The first-order chi connectivity index (χ1) is 12.1. The lowest BCUT2D eigenvalue weighted by Gasteiger charge is -2.17. The Morgan fingerprint density at radius 1 is 0.880 bits per heavy atom. The third-order valence-corrected chi connectivity index (χ3v) is 4.01. The van der Waals surface area contributed by atoms with E-state index >= 15 is 0 Å². The zero-order valence-electron chi connectivity index (χ0n) is 14.7. The summed E-state index contributed by atoms with van der Waals surface area (Å²) >= 11 is 0. The lowest BCUT2D eigenvalue weighted by Crippen LogP contribution is -2.47. The number of aryl methyl sites for hydroxylation is 1. The van der Waals surface area contributed by atoms with Gasteiger partial charge in [0, 0.05) is 19.9 Å². The summed E-state index contributed by atoms with van der Waals surface area (Å²) < 4.78 is 0. The third-order valence-electron chi connectivity index (χ3n) is 4.01. The molecule has 2 aromatic rings. The molecule has 0 heterocycles. The largest absolute Gasteiger partial charge is 0.354 e. The average molecular weight is 338 g/mol. The predicted octanol–water partition coefficient (Wildman–Crippen LogP) is 2.87. The molecule has 0 aliphatic carbocycles. The zero-order chi connectivity index (χ0) is 17.9. The van der Waals surface area contributed by atoms with Crippen LogP contribution in [0.25, 0.3) is 0 Å². The Bertz CT molecular complexity index is 656. The van der Waals surface area contributed by atoms with Gasteiger partial charge in [0.2, 0.25) is 11.8 Å². The maximum atomic E-state index is 12.4. The number of nitrogens with one attached hydrogen (secondary N) is 2. The van der Waals surface area contributed by atoms with Gasteiger partial charge < -0.3 is 10.6 Å². The summed E-state index contributed by atoms with van der Waals surface area (Å²) in [5.41, 5.74) is 2.34. The van der Waals surface area contributed by atoms with Crippen molar-refractivity contribution in [2.24, 2.45) is 0 Å². The SMILES string of the molecule is CC(=O)N[C@@H](Cc1ccccc1)C(=O)NCCCCc1ccccc1. The van der Waals surface area contributed by atoms with Crippen LogP contribution in [0.15, 0.2) is 60.7 Å². The van der Waals surface area contributed by atoms with Gasteiger partial charge in [0.05, 0.1) is 0 Å². The molecule has 4 heteroatoms. The van der Waals surface area contributed by atoms with Gasteiger partial charge in [-0.25, -0.2) is 0 Å². The number of hydrogen-bond donors (Lipinski definition) is 2. The summed E-state index contributed by atoms with van der Waals surface area (Å²) in [6.45, 7) is 2.06. The van der Waals surface area contributed by atoms with Crippen molar-refractivity contribution in [3.05, 3.63) is 71.8 Å². The highest BCUT2D eigenvalue weighted by Crippen LogP contribution is 2.05. The van der Waals surface area contributed by atoms with Crippen LogP contribution >= 0.6 is 0 Å². The summed E-state index contributed by atoms with van der Waals surface area (Å²) in [5, 5.41) is 5.68. The Morgan fingerprint density at radius 3 is 2.08 bits per heavy atom. The van der Waals surface area contributed by atoms with Gasteiger partial charge in [-0.15, -0.1) is 0 Å². The van der Waals surface area contributed by atoms with E-state index in [4.69, 9.17) is 0 Å². The summed E-state index contributed by atoms with van der Waals surface area (Å²) in [6, 6.07) is 19.5. The van der Waals surface area contributed by atoms with Crippen LogP contribution in [0.3, 0.4) is 0 Å². The first kappa shape index (κ1) is 18.7. The van der Waals surface area contributed by atoms with Crippen molar-refractivity contribution in [3.63, 3.8) is 0 Å². The van der Waals surface area contributed by atoms with Gasteiger partial charge in [-0.1, -0.05) is 60.7 Å². The topological polar surface area (TPSA) is 58.2 Å². The zero-order valence-corrected chi connectivity index (χ0v) is 14.7. The van der Waals surface area contributed by atoms with Crippen molar-refractivity contribution in [1.82, 2.24) is 10.6 Å². The van der Waals surface area contributed by atoms with E-state index in [1.54, 1.807) is 0 Å². The molecule has 25 heavy (non-hydrogen) atoms. The molecule has 0 spiro atoms. The summed E-state index contributed by atoms with van der Waals surface area (Å²) in [6.07, 6.45) is 3.44. The van der Waals surface area contributed by atoms with Crippen molar-refractivity contribution in [3.8, 4) is 0 Å². The minimum absolute atomic E-state index is 0.126. The number of benzene rings is 2. The van der Waals surface area contributed by atoms with E-state index in [-0.39, 0.29) is 11.8 Å². The highest BCUT2D eigenvalue weighted by Gasteiger charge is 2.19. The molecule has 0 saturated carbocycles. The van der Waals surface area contributed by atoms with E-state index in [0.29, 0.717) is 13.0 Å². The monoisotopic (exact) mass is 338 g/mol. The molecule has 2 amide bonds. The van der Waals surface area contributed by atoms with Crippen LogP contribution in [0.5, 0.6) is 0 Å². The standard InChI is InChI=1S/C21H26N2O2/c1-17(24)23-20(16-19-13-6-3-7-14-19)21(25)22-15-9-8-12-18-10-4-2-5-11-18/h2-7,10-11,13-14,20H,8-9,12,15-16H2,1H3,(H,22,25)(H,23,24)/t20-/m0/s1. The maximum absolute atomic E-state index is 12.4. The molecule has 2 N–H and O–H groups in total. The van der Waals surface area contributed by atoms with Crippen LogP contribution in [-0.4, -0.2) is 24.4 Å². The van der Waals surface area contributed by atoms with Crippen molar-refractivity contribution in [1.29, 1.82) is 0 Å². The molecule has 2 aromatic carbocycles. The molecule has 0 aliphatic rings. The van der Waals surface area contributed by atoms with Gasteiger partial charge in [-0.3, -0.25) is 9.59 Å². The molecule has 0 unspecified atom stereocenters. The molecule has 0 aromatic heterocycles. The van der Waals surface area contributed by atoms with E-state index in [1.165, 1.54) is 12.5 Å². The number of carbonyl (C=O) groups is 2. The Morgan fingerprint density at radius 2 is 1.48 bits per heavy atom. The molecule has 0 saturated heterocycles. The Labute approximate surface area is 149 Å². The molecular formula is C21H26N2O2. The van der Waals surface area contributed by atoms with Gasteiger partial charge in [0.15, 0.2) is 0 Å². The molecular weight excluding hydrogens is 312 g/mol. The van der Waals surface area contributed by atoms with Gasteiger partial charge in [-0.2, -0.15) is 0 Å².